The van der Waals surface area contributed by atoms with Crippen LogP contribution in [0.3, 0.4) is 0 Å². The average molecular weight is 108 g/mol. The maximum atomic E-state index is 9.17. The standard InChI is InChI=1S/C3H4O2.2H2O/c4-2-1-3-5;;/h2-3H,1H2;2*1H2. The fraction of sp³-hybridized carbons (Fsp3) is 0.333. The van der Waals surface area contributed by atoms with E-state index in [1.54, 1.807) is 0 Å². The normalized spacial score (nSPS) is 4.57. The minimum Gasteiger partial charge on any atom is -0.412 e. The topological polar surface area (TPSA) is 97.1 Å². The lowest BCUT2D eigenvalue weighted by Crippen LogP contribution is -1.69. The largest absolute Gasteiger partial charge is 0.412 e. The van der Waals surface area contributed by atoms with Gasteiger partial charge in [-0.25, -0.2) is 0 Å². The van der Waals surface area contributed by atoms with E-state index in [1.807, 2.05) is 0 Å². The van der Waals surface area contributed by atoms with Crippen molar-refractivity contribution in [1.29, 1.82) is 0 Å². The van der Waals surface area contributed by atoms with E-state index in [0.717, 1.165) is 0 Å². The lowest BCUT2D eigenvalue weighted by atomic mass is 10.6. The number of hydrogen-bond acceptors (Lipinski definition) is 2. The fourth-order valence-electron chi connectivity index (χ4n) is 0.0393. The summed E-state index contributed by atoms with van der Waals surface area (Å²) < 4.78 is 0. The van der Waals surface area contributed by atoms with Crippen LogP contribution in [-0.4, -0.2) is 23.5 Å². The van der Waals surface area contributed by atoms with Crippen LogP contribution in [0.5, 0.6) is 0 Å². The van der Waals surface area contributed by atoms with Crippen LogP contribution in [0.4, 0.5) is 0 Å². The third-order valence-corrected chi connectivity index (χ3v) is 0.192. The minimum absolute atomic E-state index is 0. The lowest BCUT2D eigenvalue weighted by Gasteiger charge is -1.53. The molecular weight excluding hydrogens is 100 g/mol. The first-order valence-electron chi connectivity index (χ1n) is 1.29. The summed E-state index contributed by atoms with van der Waals surface area (Å²) in [5.41, 5.74) is 0. The van der Waals surface area contributed by atoms with Crippen molar-refractivity contribution < 1.29 is 20.5 Å². The Morgan fingerprint density at radius 3 is 1.29 bits per heavy atom. The number of carbonyl (C=O) groups is 2. The van der Waals surface area contributed by atoms with Crippen LogP contribution in [0.1, 0.15) is 6.42 Å². The van der Waals surface area contributed by atoms with Crippen molar-refractivity contribution in [2.45, 2.75) is 6.42 Å². The first-order valence-corrected chi connectivity index (χ1v) is 1.29. The van der Waals surface area contributed by atoms with Crippen LogP contribution < -0.4 is 0 Å². The van der Waals surface area contributed by atoms with E-state index in [9.17, 15) is 9.59 Å². The lowest BCUT2D eigenvalue weighted by molar-refractivity contribution is -0.114. The van der Waals surface area contributed by atoms with Crippen LogP contribution in [0.25, 0.3) is 0 Å². The van der Waals surface area contributed by atoms with E-state index in [0.29, 0.717) is 12.6 Å². The summed E-state index contributed by atoms with van der Waals surface area (Å²) in [6, 6.07) is 0. The summed E-state index contributed by atoms with van der Waals surface area (Å²) >= 11 is 0. The highest BCUT2D eigenvalue weighted by atomic mass is 16.1. The highest BCUT2D eigenvalue weighted by molar-refractivity contribution is 5.72. The van der Waals surface area contributed by atoms with Crippen LogP contribution in [0.2, 0.25) is 0 Å². The summed E-state index contributed by atoms with van der Waals surface area (Å²) in [6.45, 7) is 0. The third-order valence-electron chi connectivity index (χ3n) is 0.192. The SMILES string of the molecule is O.O.O=CCC=O. The summed E-state index contributed by atoms with van der Waals surface area (Å²) in [4.78, 5) is 18.3. The first-order chi connectivity index (χ1) is 2.41. The Labute approximate surface area is 40.8 Å². The molecule has 0 bridgehead atoms. The van der Waals surface area contributed by atoms with E-state index in [1.165, 1.54) is 0 Å². The van der Waals surface area contributed by atoms with Crippen molar-refractivity contribution >= 4 is 12.6 Å². The molecule has 0 spiro atoms. The van der Waals surface area contributed by atoms with Crippen molar-refractivity contribution in [2.75, 3.05) is 0 Å². The van der Waals surface area contributed by atoms with E-state index in [2.05, 4.69) is 0 Å². The molecule has 0 saturated carbocycles. The molecule has 7 heavy (non-hydrogen) atoms. The first kappa shape index (κ1) is 16.3. The van der Waals surface area contributed by atoms with Gasteiger partial charge < -0.3 is 20.5 Å². The molecule has 4 nitrogen and oxygen atoms in total. The maximum absolute atomic E-state index is 9.17. The Morgan fingerprint density at radius 1 is 1.00 bits per heavy atom. The summed E-state index contributed by atoms with van der Waals surface area (Å²) in [5, 5.41) is 0. The number of carbonyl (C=O) groups excluding carboxylic acids is 2. The van der Waals surface area contributed by atoms with Crippen LogP contribution in [0, 0.1) is 0 Å². The fourth-order valence-corrected chi connectivity index (χ4v) is 0.0393. The monoisotopic (exact) mass is 108 g/mol. The zero-order valence-corrected chi connectivity index (χ0v) is 3.68. The van der Waals surface area contributed by atoms with E-state index >= 15 is 0 Å². The minimum atomic E-state index is 0. The molecule has 0 saturated heterocycles. The molecule has 0 unspecified atom stereocenters. The van der Waals surface area contributed by atoms with Crippen molar-refractivity contribution in [1.82, 2.24) is 0 Å². The van der Waals surface area contributed by atoms with Gasteiger partial charge in [-0.1, -0.05) is 0 Å². The van der Waals surface area contributed by atoms with Crippen molar-refractivity contribution in [3.05, 3.63) is 0 Å². The zero-order chi connectivity index (χ0) is 4.12. The van der Waals surface area contributed by atoms with Gasteiger partial charge >= 0.3 is 0 Å². The molecule has 0 rings (SSSR count). The molecule has 0 amide bonds. The molecule has 0 atom stereocenters. The molecule has 0 heterocycles. The Morgan fingerprint density at radius 2 is 1.29 bits per heavy atom. The van der Waals surface area contributed by atoms with Crippen molar-refractivity contribution in [3.8, 4) is 0 Å². The maximum Gasteiger partial charge on any atom is 0.127 e. The quantitative estimate of drug-likeness (QED) is 0.305. The molecule has 0 aromatic carbocycles. The van der Waals surface area contributed by atoms with E-state index in [-0.39, 0.29) is 17.4 Å². The van der Waals surface area contributed by atoms with Crippen molar-refractivity contribution in [2.24, 2.45) is 0 Å². The number of rotatable bonds is 2. The van der Waals surface area contributed by atoms with Gasteiger partial charge in [0.15, 0.2) is 0 Å². The predicted molar refractivity (Wildman–Crippen MR) is 24.0 cm³/mol. The molecule has 0 aromatic rings. The van der Waals surface area contributed by atoms with Gasteiger partial charge in [-0.05, 0) is 0 Å². The Hall–Kier alpha value is -0.740. The number of hydrogen-bond donors (Lipinski definition) is 0. The Bertz CT molecular complexity index is 36.2. The van der Waals surface area contributed by atoms with Crippen LogP contribution >= 0.6 is 0 Å². The van der Waals surface area contributed by atoms with Gasteiger partial charge in [0, 0.05) is 0 Å². The molecule has 0 fully saturated rings. The molecule has 0 aromatic heterocycles. The molecule has 0 aliphatic heterocycles. The zero-order valence-electron chi connectivity index (χ0n) is 3.68. The van der Waals surface area contributed by atoms with Crippen LogP contribution in [0.15, 0.2) is 0 Å². The van der Waals surface area contributed by atoms with Gasteiger partial charge in [0.05, 0.1) is 6.42 Å². The molecule has 0 radical (unpaired) electrons. The van der Waals surface area contributed by atoms with Gasteiger partial charge in [0.1, 0.15) is 12.6 Å². The second kappa shape index (κ2) is 18.7. The Kier molecular flexibility index (Phi) is 43.5. The molecule has 0 aliphatic rings. The second-order valence-corrected chi connectivity index (χ2v) is 0.569. The summed E-state index contributed by atoms with van der Waals surface area (Å²) in [6.07, 6.45) is 1.15. The summed E-state index contributed by atoms with van der Waals surface area (Å²) in [5.74, 6) is 0. The molecule has 44 valence electrons. The molecule has 0 aliphatic carbocycles. The van der Waals surface area contributed by atoms with E-state index < -0.39 is 0 Å². The highest BCUT2D eigenvalue weighted by Crippen LogP contribution is 1.50. The van der Waals surface area contributed by atoms with Gasteiger partial charge in [-0.15, -0.1) is 0 Å². The smallest absolute Gasteiger partial charge is 0.127 e. The molecule has 4 heteroatoms. The molecular formula is C3H8O4. The van der Waals surface area contributed by atoms with Gasteiger partial charge in [-0.3, -0.25) is 0 Å². The Balaban J connectivity index is -0.0000000800. The molecule has 4 N–H and O–H groups in total. The van der Waals surface area contributed by atoms with Gasteiger partial charge in [-0.2, -0.15) is 0 Å². The number of aldehydes is 2. The second-order valence-electron chi connectivity index (χ2n) is 0.569. The van der Waals surface area contributed by atoms with Gasteiger partial charge in [0.2, 0.25) is 0 Å². The predicted octanol–water partition coefficient (Wildman–Crippen LogP) is -1.88. The van der Waals surface area contributed by atoms with E-state index in [4.69, 9.17) is 0 Å². The van der Waals surface area contributed by atoms with Crippen molar-refractivity contribution in [3.63, 3.8) is 0 Å². The average Bonchev–Trinajstić information content (AvgIpc) is 1.41. The summed E-state index contributed by atoms with van der Waals surface area (Å²) in [7, 11) is 0. The highest BCUT2D eigenvalue weighted by Gasteiger charge is 1.65. The third kappa shape index (κ3) is 35.2. The van der Waals surface area contributed by atoms with Crippen LogP contribution in [-0.2, 0) is 9.59 Å². The van der Waals surface area contributed by atoms with Gasteiger partial charge in [0.25, 0.3) is 0 Å².